The second kappa shape index (κ2) is 5.28. The first-order valence-electron chi connectivity index (χ1n) is 5.73. The molecule has 2 rings (SSSR count). The first kappa shape index (κ1) is 13.4. The minimum absolute atomic E-state index is 0.127. The van der Waals surface area contributed by atoms with Gasteiger partial charge >= 0.3 is 0 Å². The van der Waals surface area contributed by atoms with Crippen molar-refractivity contribution in [2.45, 2.75) is 13.8 Å². The number of hydrogen-bond acceptors (Lipinski definition) is 3. The van der Waals surface area contributed by atoms with Crippen LogP contribution in [0.15, 0.2) is 30.5 Å². The molecular formula is C14H14ClN3O. The lowest BCUT2D eigenvalue weighted by atomic mass is 10.1. The van der Waals surface area contributed by atoms with Crippen molar-refractivity contribution in [1.29, 1.82) is 5.41 Å². The molecule has 0 unspecified atom stereocenters. The number of ether oxygens (including phenoxy) is 1. The molecule has 5 heteroatoms. The van der Waals surface area contributed by atoms with E-state index in [2.05, 4.69) is 4.98 Å². The molecule has 2 aromatic rings. The maximum atomic E-state index is 7.47. The van der Waals surface area contributed by atoms with Gasteiger partial charge in [-0.2, -0.15) is 0 Å². The van der Waals surface area contributed by atoms with Gasteiger partial charge < -0.3 is 10.5 Å². The Kier molecular flexibility index (Phi) is 3.71. The number of aryl methyl sites for hydroxylation is 2. The summed E-state index contributed by atoms with van der Waals surface area (Å²) in [5.41, 5.74) is 7.67. The summed E-state index contributed by atoms with van der Waals surface area (Å²) in [6, 6.07) is 7.14. The zero-order valence-corrected chi connectivity index (χ0v) is 11.5. The molecule has 1 heterocycles. The molecule has 98 valence electrons. The fourth-order valence-electron chi connectivity index (χ4n) is 1.77. The number of pyridine rings is 1. The molecule has 1 aromatic carbocycles. The Morgan fingerprint density at radius 1 is 1.32 bits per heavy atom. The van der Waals surface area contributed by atoms with Crippen molar-refractivity contribution in [3.05, 3.63) is 52.3 Å². The number of nitrogens with zero attached hydrogens (tertiary/aromatic N) is 1. The smallest absolute Gasteiger partial charge is 0.156 e. The van der Waals surface area contributed by atoms with Crippen LogP contribution in [0.25, 0.3) is 0 Å². The van der Waals surface area contributed by atoms with E-state index in [1.165, 1.54) is 0 Å². The monoisotopic (exact) mass is 275 g/mol. The molecular weight excluding hydrogens is 262 g/mol. The number of nitrogen functional groups attached to an aromatic ring is 1. The second-order valence-electron chi connectivity index (χ2n) is 4.24. The Morgan fingerprint density at radius 3 is 2.53 bits per heavy atom. The van der Waals surface area contributed by atoms with Crippen LogP contribution in [0, 0.1) is 19.3 Å². The minimum atomic E-state index is -0.127. The molecule has 19 heavy (non-hydrogen) atoms. The normalized spacial score (nSPS) is 10.3. The van der Waals surface area contributed by atoms with Gasteiger partial charge in [-0.1, -0.05) is 11.6 Å². The van der Waals surface area contributed by atoms with E-state index in [-0.39, 0.29) is 5.84 Å². The first-order valence-corrected chi connectivity index (χ1v) is 6.11. The average Bonchev–Trinajstić information content (AvgIpc) is 2.36. The molecule has 0 saturated carbocycles. The Hall–Kier alpha value is -2.07. The van der Waals surface area contributed by atoms with Crippen molar-refractivity contribution in [3.63, 3.8) is 0 Å². The zero-order chi connectivity index (χ0) is 14.0. The van der Waals surface area contributed by atoms with Gasteiger partial charge in [0.05, 0.1) is 0 Å². The van der Waals surface area contributed by atoms with Crippen LogP contribution in [0.5, 0.6) is 11.5 Å². The molecule has 0 aliphatic carbocycles. The van der Waals surface area contributed by atoms with E-state index in [0.717, 1.165) is 16.1 Å². The molecule has 1 aromatic heterocycles. The number of benzene rings is 1. The van der Waals surface area contributed by atoms with Crippen LogP contribution >= 0.6 is 11.6 Å². The number of aromatic nitrogens is 1. The first-order chi connectivity index (χ1) is 8.99. The van der Waals surface area contributed by atoms with Gasteiger partial charge in [0.15, 0.2) is 5.75 Å². The van der Waals surface area contributed by atoms with E-state index in [0.29, 0.717) is 17.2 Å². The summed E-state index contributed by atoms with van der Waals surface area (Å²) in [6.45, 7) is 3.83. The van der Waals surface area contributed by atoms with Crippen molar-refractivity contribution in [1.82, 2.24) is 4.98 Å². The molecule has 0 amide bonds. The fraction of sp³-hybridized carbons (Fsp3) is 0.143. The Balaban J connectivity index is 2.39. The lowest BCUT2D eigenvalue weighted by molar-refractivity contribution is 0.478. The maximum absolute atomic E-state index is 7.47. The van der Waals surface area contributed by atoms with E-state index >= 15 is 0 Å². The van der Waals surface area contributed by atoms with Crippen molar-refractivity contribution in [3.8, 4) is 11.5 Å². The highest BCUT2D eigenvalue weighted by Crippen LogP contribution is 2.30. The van der Waals surface area contributed by atoms with E-state index in [4.69, 9.17) is 27.5 Å². The molecule has 4 nitrogen and oxygen atoms in total. The topological polar surface area (TPSA) is 72.0 Å². The molecule has 0 atom stereocenters. The van der Waals surface area contributed by atoms with E-state index in [9.17, 15) is 0 Å². The molecule has 0 aliphatic rings. The summed E-state index contributed by atoms with van der Waals surface area (Å²) in [5, 5.41) is 8.20. The van der Waals surface area contributed by atoms with Crippen LogP contribution in [0.4, 0.5) is 0 Å². The third-order valence-corrected chi connectivity index (χ3v) is 3.26. The van der Waals surface area contributed by atoms with Crippen molar-refractivity contribution < 1.29 is 4.74 Å². The lowest BCUT2D eigenvalue weighted by Crippen LogP contribution is -2.14. The summed E-state index contributed by atoms with van der Waals surface area (Å²) in [4.78, 5) is 4.04. The molecule has 0 fully saturated rings. The van der Waals surface area contributed by atoms with Crippen LogP contribution in [-0.2, 0) is 0 Å². The molecule has 3 N–H and O–H groups in total. The minimum Gasteiger partial charge on any atom is -0.455 e. The molecule has 0 radical (unpaired) electrons. The highest BCUT2D eigenvalue weighted by molar-refractivity contribution is 6.32. The molecule has 0 bridgehead atoms. The number of hydrogen-bond donors (Lipinski definition) is 2. The van der Waals surface area contributed by atoms with Gasteiger partial charge in [-0.05, 0) is 49.2 Å². The summed E-state index contributed by atoms with van der Waals surface area (Å²) in [5.74, 6) is 0.976. The quantitative estimate of drug-likeness (QED) is 0.666. The van der Waals surface area contributed by atoms with Crippen LogP contribution in [0.3, 0.4) is 0 Å². The van der Waals surface area contributed by atoms with Crippen molar-refractivity contribution in [2.24, 2.45) is 5.73 Å². The van der Waals surface area contributed by atoms with Crippen molar-refractivity contribution >= 4 is 17.4 Å². The second-order valence-corrected chi connectivity index (χ2v) is 4.61. The van der Waals surface area contributed by atoms with Gasteiger partial charge in [0, 0.05) is 11.2 Å². The average molecular weight is 276 g/mol. The Bertz CT molecular complexity index is 617. The summed E-state index contributed by atoms with van der Waals surface area (Å²) in [6.07, 6.45) is 1.57. The third kappa shape index (κ3) is 2.85. The highest BCUT2D eigenvalue weighted by Gasteiger charge is 2.10. The Morgan fingerprint density at radius 2 is 1.95 bits per heavy atom. The van der Waals surface area contributed by atoms with Gasteiger partial charge in [-0.3, -0.25) is 5.41 Å². The number of nitrogens with two attached hydrogens (primary N) is 1. The number of halogens is 1. The number of amidine groups is 1. The van der Waals surface area contributed by atoms with Crippen LogP contribution in [0.1, 0.15) is 16.8 Å². The summed E-state index contributed by atoms with van der Waals surface area (Å²) < 4.78 is 5.75. The van der Waals surface area contributed by atoms with Gasteiger partial charge in [-0.15, -0.1) is 0 Å². The molecule has 0 aliphatic heterocycles. The molecule has 0 saturated heterocycles. The van der Waals surface area contributed by atoms with E-state index in [1.807, 2.05) is 26.0 Å². The number of rotatable bonds is 3. The van der Waals surface area contributed by atoms with E-state index in [1.54, 1.807) is 18.3 Å². The lowest BCUT2D eigenvalue weighted by Gasteiger charge is -2.11. The SMILES string of the molecule is Cc1cc(Oc2cccnc2C(=N)N)cc(C)c1Cl. The van der Waals surface area contributed by atoms with Crippen LogP contribution in [-0.4, -0.2) is 10.8 Å². The number of nitrogens with one attached hydrogen (secondary N) is 1. The maximum Gasteiger partial charge on any atom is 0.156 e. The van der Waals surface area contributed by atoms with Gasteiger partial charge in [0.2, 0.25) is 0 Å². The summed E-state index contributed by atoms with van der Waals surface area (Å²) >= 11 is 6.11. The van der Waals surface area contributed by atoms with Crippen molar-refractivity contribution in [2.75, 3.05) is 0 Å². The predicted molar refractivity (Wildman–Crippen MR) is 76.3 cm³/mol. The van der Waals surface area contributed by atoms with Gasteiger partial charge in [0.25, 0.3) is 0 Å². The Labute approximate surface area is 116 Å². The van der Waals surface area contributed by atoms with Gasteiger partial charge in [0.1, 0.15) is 17.3 Å². The summed E-state index contributed by atoms with van der Waals surface area (Å²) in [7, 11) is 0. The largest absolute Gasteiger partial charge is 0.455 e. The highest BCUT2D eigenvalue weighted by atomic mass is 35.5. The van der Waals surface area contributed by atoms with Crippen LogP contribution in [0.2, 0.25) is 5.02 Å². The predicted octanol–water partition coefficient (Wildman–Crippen LogP) is 3.43. The third-order valence-electron chi connectivity index (χ3n) is 2.66. The van der Waals surface area contributed by atoms with E-state index < -0.39 is 0 Å². The standard InChI is InChI=1S/C14H14ClN3O/c1-8-6-10(7-9(2)12(8)15)19-11-4-3-5-18-13(11)14(16)17/h3-7H,1-2H3,(H3,16,17). The van der Waals surface area contributed by atoms with Crippen LogP contribution < -0.4 is 10.5 Å². The zero-order valence-electron chi connectivity index (χ0n) is 10.7. The molecule has 0 spiro atoms. The fourth-order valence-corrected chi connectivity index (χ4v) is 1.88. The van der Waals surface area contributed by atoms with Gasteiger partial charge in [-0.25, -0.2) is 4.98 Å².